The van der Waals surface area contributed by atoms with E-state index in [2.05, 4.69) is 4.72 Å². The summed E-state index contributed by atoms with van der Waals surface area (Å²) in [5, 5.41) is 0. The topological polar surface area (TPSA) is 55.4 Å². The van der Waals surface area contributed by atoms with Gasteiger partial charge in [-0.1, -0.05) is 19.8 Å². The Hall–Kier alpha value is -0.630. The van der Waals surface area contributed by atoms with Crippen LogP contribution in [0.4, 0.5) is 13.2 Å². The predicted octanol–water partition coefficient (Wildman–Crippen LogP) is 4.12. The number of hydrogen-bond donors (Lipinski definition) is 1. The quantitative estimate of drug-likeness (QED) is 0.683. The van der Waals surface area contributed by atoms with Crippen molar-refractivity contribution < 1.29 is 26.9 Å². The Bertz CT molecular complexity index is 439. The largest absolute Gasteiger partial charge is 0.460 e. The van der Waals surface area contributed by atoms with Crippen molar-refractivity contribution in [3.63, 3.8) is 0 Å². The average Bonchev–Trinajstić information content (AvgIpc) is 2.32. The number of carbonyl (C=O) groups excluding carboxylic acids is 1. The minimum absolute atomic E-state index is 0.0178. The molecule has 0 bridgehead atoms. The molecule has 1 N–H and O–H groups in total. The Morgan fingerprint density at radius 2 is 1.62 bits per heavy atom. The van der Waals surface area contributed by atoms with Crippen LogP contribution in [0.15, 0.2) is 0 Å². The summed E-state index contributed by atoms with van der Waals surface area (Å²) >= 11 is 0. The second kappa shape index (κ2) is 8.65. The summed E-state index contributed by atoms with van der Waals surface area (Å²) in [6.07, 6.45) is -3.60. The fourth-order valence-electron chi connectivity index (χ4n) is 1.89. The van der Waals surface area contributed by atoms with Gasteiger partial charge in [0.1, 0.15) is 11.6 Å². The molecule has 0 aliphatic rings. The first-order valence-corrected chi connectivity index (χ1v) is 9.22. The number of hydrogen-bond acceptors (Lipinski definition) is 3. The number of alkyl halides is 3. The van der Waals surface area contributed by atoms with Crippen LogP contribution in [0.3, 0.4) is 0 Å². The van der Waals surface area contributed by atoms with Gasteiger partial charge in [0, 0.05) is 0 Å². The maximum Gasteiger partial charge on any atom is 0.405 e. The third-order valence-corrected chi connectivity index (χ3v) is 4.70. The van der Waals surface area contributed by atoms with Crippen molar-refractivity contribution in [2.45, 2.75) is 90.3 Å². The fourth-order valence-corrected chi connectivity index (χ4v) is 2.77. The number of rotatable bonds is 7. The Labute approximate surface area is 145 Å². The van der Waals surface area contributed by atoms with Crippen LogP contribution in [-0.4, -0.2) is 32.7 Å². The van der Waals surface area contributed by atoms with Crippen LogP contribution in [0.25, 0.3) is 0 Å². The molecule has 0 aromatic rings. The molecule has 0 amide bonds. The highest BCUT2D eigenvalue weighted by molar-refractivity contribution is 7.84. The zero-order valence-electron chi connectivity index (χ0n) is 15.5. The van der Waals surface area contributed by atoms with E-state index in [4.69, 9.17) is 4.74 Å². The molecule has 0 aliphatic carbocycles. The standard InChI is InChI=1S/C16H30F3NO3S/c1-8-9-10-11(13(21)23-14(2,3)4)12(16(17,18)19)20-24(22)15(5,6)7/h11-12,20H,8-10H2,1-7H3/t11-,12-,24-/m1/s1. The van der Waals surface area contributed by atoms with E-state index in [0.29, 0.717) is 12.8 Å². The molecule has 0 rings (SSSR count). The smallest absolute Gasteiger partial charge is 0.405 e. The van der Waals surface area contributed by atoms with Crippen molar-refractivity contribution in [1.29, 1.82) is 0 Å². The number of esters is 1. The summed E-state index contributed by atoms with van der Waals surface area (Å²) in [5.74, 6) is -2.35. The van der Waals surface area contributed by atoms with Crippen LogP contribution in [-0.2, 0) is 20.5 Å². The van der Waals surface area contributed by atoms with Crippen LogP contribution in [0.5, 0.6) is 0 Å². The van der Waals surface area contributed by atoms with Crippen LogP contribution in [0.2, 0.25) is 0 Å². The van der Waals surface area contributed by atoms with E-state index in [0.717, 1.165) is 0 Å². The summed E-state index contributed by atoms with van der Waals surface area (Å²) in [5.41, 5.74) is -0.888. The molecule has 3 atom stereocenters. The van der Waals surface area contributed by atoms with Crippen LogP contribution in [0.1, 0.15) is 67.7 Å². The van der Waals surface area contributed by atoms with Gasteiger partial charge in [-0.15, -0.1) is 0 Å². The van der Waals surface area contributed by atoms with Crippen molar-refractivity contribution in [3.8, 4) is 0 Å². The van der Waals surface area contributed by atoms with Gasteiger partial charge in [0.2, 0.25) is 0 Å². The number of carbonyl (C=O) groups is 1. The van der Waals surface area contributed by atoms with Crippen molar-refractivity contribution >= 4 is 17.0 Å². The zero-order valence-corrected chi connectivity index (χ0v) is 16.4. The highest BCUT2D eigenvalue weighted by Crippen LogP contribution is 2.31. The van der Waals surface area contributed by atoms with E-state index in [1.165, 1.54) is 0 Å². The van der Waals surface area contributed by atoms with Gasteiger partial charge in [-0.2, -0.15) is 13.2 Å². The summed E-state index contributed by atoms with van der Waals surface area (Å²) in [6.45, 7) is 11.3. The van der Waals surface area contributed by atoms with Gasteiger partial charge < -0.3 is 4.74 Å². The lowest BCUT2D eigenvalue weighted by molar-refractivity contribution is -0.185. The van der Waals surface area contributed by atoms with Crippen molar-refractivity contribution in [1.82, 2.24) is 4.72 Å². The molecule has 24 heavy (non-hydrogen) atoms. The normalized spacial score (nSPS) is 17.2. The molecule has 0 aromatic heterocycles. The summed E-state index contributed by atoms with van der Waals surface area (Å²) in [7, 11) is -1.96. The van der Waals surface area contributed by atoms with E-state index >= 15 is 0 Å². The average molecular weight is 373 g/mol. The van der Waals surface area contributed by atoms with E-state index in [1.54, 1.807) is 41.5 Å². The SMILES string of the molecule is CCCC[C@@H](C(=O)OC(C)(C)C)[C@@H](N[S@](=O)C(C)(C)C)C(F)(F)F. The molecule has 0 spiro atoms. The Balaban J connectivity index is 5.58. The van der Waals surface area contributed by atoms with Gasteiger partial charge in [0.15, 0.2) is 0 Å². The maximum atomic E-state index is 13.5. The number of ether oxygens (including phenoxy) is 1. The number of nitrogens with one attached hydrogen (secondary N) is 1. The van der Waals surface area contributed by atoms with Crippen molar-refractivity contribution in [2.75, 3.05) is 0 Å². The van der Waals surface area contributed by atoms with Crippen molar-refractivity contribution in [3.05, 3.63) is 0 Å². The fraction of sp³-hybridized carbons (Fsp3) is 0.938. The second-order valence-electron chi connectivity index (χ2n) is 7.80. The molecule has 8 heteroatoms. The van der Waals surface area contributed by atoms with Crippen LogP contribution in [0, 0.1) is 5.92 Å². The first-order valence-electron chi connectivity index (χ1n) is 8.07. The van der Waals surface area contributed by atoms with E-state index < -0.39 is 45.4 Å². The minimum Gasteiger partial charge on any atom is -0.460 e. The molecule has 0 unspecified atom stereocenters. The van der Waals surface area contributed by atoms with E-state index in [1.807, 2.05) is 6.92 Å². The predicted molar refractivity (Wildman–Crippen MR) is 89.7 cm³/mol. The zero-order chi connectivity index (χ0) is 19.3. The highest BCUT2D eigenvalue weighted by Gasteiger charge is 2.49. The molecule has 0 saturated carbocycles. The monoisotopic (exact) mass is 373 g/mol. The molecule has 0 heterocycles. The third-order valence-electron chi connectivity index (χ3n) is 3.12. The summed E-state index contributed by atoms with van der Waals surface area (Å²) in [4.78, 5) is 12.3. The van der Waals surface area contributed by atoms with Gasteiger partial charge in [-0.3, -0.25) is 4.79 Å². The first-order chi connectivity index (χ1) is 10.6. The molecular formula is C16H30F3NO3S. The molecule has 0 aliphatic heterocycles. The van der Waals surface area contributed by atoms with Gasteiger partial charge in [0.05, 0.1) is 21.7 Å². The summed E-state index contributed by atoms with van der Waals surface area (Å²) in [6, 6.07) is -2.21. The third kappa shape index (κ3) is 8.46. The molecule has 0 radical (unpaired) electrons. The second-order valence-corrected chi connectivity index (χ2v) is 9.80. The Morgan fingerprint density at radius 3 is 1.96 bits per heavy atom. The molecule has 4 nitrogen and oxygen atoms in total. The molecule has 0 aromatic carbocycles. The van der Waals surface area contributed by atoms with Crippen molar-refractivity contribution in [2.24, 2.45) is 5.92 Å². The number of halogens is 3. The lowest BCUT2D eigenvalue weighted by Crippen LogP contribution is -2.54. The number of unbranched alkanes of at least 4 members (excludes halogenated alkanes) is 1. The highest BCUT2D eigenvalue weighted by atomic mass is 32.2. The van der Waals surface area contributed by atoms with Gasteiger partial charge in [0.25, 0.3) is 0 Å². The lowest BCUT2D eigenvalue weighted by atomic mass is 9.93. The lowest BCUT2D eigenvalue weighted by Gasteiger charge is -2.32. The van der Waals surface area contributed by atoms with E-state index in [9.17, 15) is 22.2 Å². The van der Waals surface area contributed by atoms with Gasteiger partial charge in [-0.05, 0) is 48.0 Å². The van der Waals surface area contributed by atoms with E-state index in [-0.39, 0.29) is 6.42 Å². The minimum atomic E-state index is -4.71. The molecular weight excluding hydrogens is 343 g/mol. The Morgan fingerprint density at radius 1 is 1.12 bits per heavy atom. The molecule has 144 valence electrons. The molecule has 0 saturated heterocycles. The van der Waals surface area contributed by atoms with Crippen LogP contribution >= 0.6 is 0 Å². The Kier molecular flexibility index (Phi) is 8.42. The maximum absolute atomic E-state index is 13.5. The molecule has 0 fully saturated rings. The first kappa shape index (κ1) is 23.4. The summed E-state index contributed by atoms with van der Waals surface area (Å²) < 4.78 is 59.2. The van der Waals surface area contributed by atoms with Gasteiger partial charge in [-0.25, -0.2) is 8.93 Å². The van der Waals surface area contributed by atoms with Gasteiger partial charge >= 0.3 is 12.1 Å². The van der Waals surface area contributed by atoms with Crippen LogP contribution < -0.4 is 4.72 Å².